The standard InChI is InChI=1S/C14H17Cl2NO4/c15-10-5-9(6-11(16)7-10)12(19)13(20)17-14(1-3-18)2-4-21-8-14/h5-7,12,18-19H,1-4,8H2,(H,17,20). The molecule has 1 aromatic rings. The first-order chi connectivity index (χ1) is 9.96. The maximum atomic E-state index is 12.2. The van der Waals surface area contributed by atoms with E-state index in [1.54, 1.807) is 0 Å². The van der Waals surface area contributed by atoms with Crippen molar-refractivity contribution < 1.29 is 19.7 Å². The summed E-state index contributed by atoms with van der Waals surface area (Å²) in [5, 5.41) is 22.7. The number of carbonyl (C=O) groups is 1. The van der Waals surface area contributed by atoms with Gasteiger partial charge in [0.25, 0.3) is 5.91 Å². The van der Waals surface area contributed by atoms with Crippen LogP contribution in [0, 0.1) is 0 Å². The molecule has 1 aliphatic rings. The molecule has 1 saturated heterocycles. The first kappa shape index (κ1) is 16.5. The van der Waals surface area contributed by atoms with Gasteiger partial charge in [-0.2, -0.15) is 0 Å². The summed E-state index contributed by atoms with van der Waals surface area (Å²) >= 11 is 11.7. The highest BCUT2D eigenvalue weighted by Gasteiger charge is 2.37. The van der Waals surface area contributed by atoms with Crippen LogP contribution in [0.1, 0.15) is 24.5 Å². The smallest absolute Gasteiger partial charge is 0.253 e. The highest BCUT2D eigenvalue weighted by atomic mass is 35.5. The number of benzene rings is 1. The Bertz CT molecular complexity index is 497. The van der Waals surface area contributed by atoms with Crippen LogP contribution in [0.4, 0.5) is 0 Å². The Balaban J connectivity index is 2.11. The zero-order valence-corrected chi connectivity index (χ0v) is 12.8. The van der Waals surface area contributed by atoms with Gasteiger partial charge in [0.05, 0.1) is 12.1 Å². The van der Waals surface area contributed by atoms with E-state index in [2.05, 4.69) is 5.32 Å². The van der Waals surface area contributed by atoms with Crippen LogP contribution in [0.15, 0.2) is 18.2 Å². The Morgan fingerprint density at radius 1 is 1.38 bits per heavy atom. The number of aliphatic hydroxyl groups is 2. The van der Waals surface area contributed by atoms with E-state index in [1.165, 1.54) is 18.2 Å². The van der Waals surface area contributed by atoms with Crippen LogP contribution in [-0.2, 0) is 9.53 Å². The minimum absolute atomic E-state index is 0.0667. The predicted molar refractivity (Wildman–Crippen MR) is 79.4 cm³/mol. The van der Waals surface area contributed by atoms with E-state index in [1.807, 2.05) is 0 Å². The molecule has 1 amide bonds. The summed E-state index contributed by atoms with van der Waals surface area (Å²) in [6, 6.07) is 4.50. The number of halogens is 2. The molecule has 21 heavy (non-hydrogen) atoms. The topological polar surface area (TPSA) is 78.8 Å². The van der Waals surface area contributed by atoms with Crippen molar-refractivity contribution in [3.63, 3.8) is 0 Å². The molecule has 1 aromatic carbocycles. The van der Waals surface area contributed by atoms with Gasteiger partial charge >= 0.3 is 0 Å². The maximum absolute atomic E-state index is 12.2. The van der Waals surface area contributed by atoms with E-state index in [0.717, 1.165) is 0 Å². The van der Waals surface area contributed by atoms with Crippen LogP contribution >= 0.6 is 23.2 Å². The maximum Gasteiger partial charge on any atom is 0.253 e. The second-order valence-corrected chi connectivity index (χ2v) is 6.02. The van der Waals surface area contributed by atoms with Crippen molar-refractivity contribution in [3.8, 4) is 0 Å². The monoisotopic (exact) mass is 333 g/mol. The van der Waals surface area contributed by atoms with E-state index in [9.17, 15) is 9.90 Å². The summed E-state index contributed by atoms with van der Waals surface area (Å²) in [5.74, 6) is -0.563. The fraction of sp³-hybridized carbons (Fsp3) is 0.500. The third-order valence-electron chi connectivity index (χ3n) is 3.53. The summed E-state index contributed by atoms with van der Waals surface area (Å²) in [7, 11) is 0. The molecule has 0 bridgehead atoms. The van der Waals surface area contributed by atoms with Crippen LogP contribution in [-0.4, -0.2) is 41.5 Å². The quantitative estimate of drug-likeness (QED) is 0.766. The number of ether oxygens (including phenoxy) is 1. The third kappa shape index (κ3) is 4.08. The molecular formula is C14H17Cl2NO4. The van der Waals surface area contributed by atoms with Gasteiger partial charge in [-0.15, -0.1) is 0 Å². The highest BCUT2D eigenvalue weighted by molar-refractivity contribution is 6.34. The van der Waals surface area contributed by atoms with Crippen LogP contribution in [0.25, 0.3) is 0 Å². The van der Waals surface area contributed by atoms with Crippen LogP contribution in [0.3, 0.4) is 0 Å². The molecule has 3 N–H and O–H groups in total. The zero-order valence-electron chi connectivity index (χ0n) is 11.3. The number of hydrogen-bond acceptors (Lipinski definition) is 4. The predicted octanol–water partition coefficient (Wildman–Crippen LogP) is 1.68. The lowest BCUT2D eigenvalue weighted by Gasteiger charge is -2.29. The number of carbonyl (C=O) groups excluding carboxylic acids is 1. The van der Waals surface area contributed by atoms with Gasteiger partial charge in [0.2, 0.25) is 0 Å². The van der Waals surface area contributed by atoms with Gasteiger partial charge in [0.1, 0.15) is 0 Å². The number of aliphatic hydroxyl groups excluding tert-OH is 2. The number of nitrogens with one attached hydrogen (secondary N) is 1. The van der Waals surface area contributed by atoms with Crippen molar-refractivity contribution in [1.29, 1.82) is 0 Å². The van der Waals surface area contributed by atoms with Gasteiger partial charge in [-0.1, -0.05) is 23.2 Å². The van der Waals surface area contributed by atoms with Crippen LogP contribution in [0.5, 0.6) is 0 Å². The summed E-state index contributed by atoms with van der Waals surface area (Å²) in [6.45, 7) is 0.768. The summed E-state index contributed by atoms with van der Waals surface area (Å²) < 4.78 is 5.29. The van der Waals surface area contributed by atoms with Crippen molar-refractivity contribution in [3.05, 3.63) is 33.8 Å². The number of rotatable bonds is 5. The molecule has 2 unspecified atom stereocenters. The normalized spacial score (nSPS) is 23.0. The third-order valence-corrected chi connectivity index (χ3v) is 3.97. The van der Waals surface area contributed by atoms with Gasteiger partial charge < -0.3 is 20.3 Å². The molecule has 5 nitrogen and oxygen atoms in total. The molecule has 0 spiro atoms. The molecule has 1 aliphatic heterocycles. The Morgan fingerprint density at radius 3 is 2.57 bits per heavy atom. The molecule has 116 valence electrons. The van der Waals surface area contributed by atoms with Crippen LogP contribution in [0.2, 0.25) is 10.0 Å². The molecule has 0 aromatic heterocycles. The van der Waals surface area contributed by atoms with E-state index >= 15 is 0 Å². The molecule has 2 atom stereocenters. The zero-order chi connectivity index (χ0) is 15.5. The second-order valence-electron chi connectivity index (χ2n) is 5.15. The van der Waals surface area contributed by atoms with Crippen molar-refractivity contribution in [1.82, 2.24) is 5.32 Å². The van der Waals surface area contributed by atoms with E-state index in [-0.39, 0.29) is 6.61 Å². The minimum atomic E-state index is -1.38. The number of amides is 1. The SMILES string of the molecule is O=C(NC1(CCO)CCOC1)C(O)c1cc(Cl)cc(Cl)c1. The van der Waals surface area contributed by atoms with Crippen molar-refractivity contribution >= 4 is 29.1 Å². The first-order valence-corrected chi connectivity index (χ1v) is 7.36. The van der Waals surface area contributed by atoms with Gasteiger partial charge in [0.15, 0.2) is 6.10 Å². The van der Waals surface area contributed by atoms with E-state index in [4.69, 9.17) is 33.0 Å². The lowest BCUT2D eigenvalue weighted by Crippen LogP contribution is -2.51. The molecule has 1 fully saturated rings. The highest BCUT2D eigenvalue weighted by Crippen LogP contribution is 2.26. The fourth-order valence-corrected chi connectivity index (χ4v) is 2.94. The Hall–Kier alpha value is -0.850. The Kier molecular flexibility index (Phi) is 5.46. The fourth-order valence-electron chi connectivity index (χ4n) is 2.39. The molecule has 0 aliphatic carbocycles. The minimum Gasteiger partial charge on any atom is -0.396 e. The molecule has 0 saturated carbocycles. The second kappa shape index (κ2) is 6.94. The van der Waals surface area contributed by atoms with Crippen molar-refractivity contribution in [2.24, 2.45) is 0 Å². The van der Waals surface area contributed by atoms with Gasteiger partial charge in [0, 0.05) is 23.3 Å². The van der Waals surface area contributed by atoms with Crippen LogP contribution < -0.4 is 5.32 Å². The summed E-state index contributed by atoms with van der Waals surface area (Å²) in [4.78, 5) is 12.2. The van der Waals surface area contributed by atoms with Gasteiger partial charge in [-0.25, -0.2) is 0 Å². The lowest BCUT2D eigenvalue weighted by molar-refractivity contribution is -0.132. The largest absolute Gasteiger partial charge is 0.396 e. The number of hydrogen-bond donors (Lipinski definition) is 3. The van der Waals surface area contributed by atoms with Crippen molar-refractivity contribution in [2.75, 3.05) is 19.8 Å². The van der Waals surface area contributed by atoms with Gasteiger partial charge in [-0.3, -0.25) is 4.79 Å². The summed E-state index contributed by atoms with van der Waals surface area (Å²) in [6.07, 6.45) is -0.401. The van der Waals surface area contributed by atoms with Gasteiger partial charge in [-0.05, 0) is 36.6 Å². The van der Waals surface area contributed by atoms with E-state index < -0.39 is 17.6 Å². The molecule has 2 rings (SSSR count). The average molecular weight is 334 g/mol. The molecule has 1 heterocycles. The molecule has 0 radical (unpaired) electrons. The Labute approximate surface area is 132 Å². The Morgan fingerprint density at radius 2 is 2.05 bits per heavy atom. The van der Waals surface area contributed by atoms with E-state index in [0.29, 0.717) is 41.7 Å². The summed E-state index contributed by atoms with van der Waals surface area (Å²) in [5.41, 5.74) is -0.307. The van der Waals surface area contributed by atoms with Crippen molar-refractivity contribution in [2.45, 2.75) is 24.5 Å². The molecule has 7 heteroatoms. The average Bonchev–Trinajstić information content (AvgIpc) is 2.85. The lowest BCUT2D eigenvalue weighted by atomic mass is 9.94. The molecular weight excluding hydrogens is 317 g/mol. The first-order valence-electron chi connectivity index (χ1n) is 6.60.